The number of hydrazine groups is 1. The van der Waals surface area contributed by atoms with Crippen molar-refractivity contribution in [3.05, 3.63) is 0 Å². The van der Waals surface area contributed by atoms with Crippen LogP contribution in [-0.2, 0) is 4.74 Å². The SMILES string of the molecule is CCC1CN(N)CC12COC2. The summed E-state index contributed by atoms with van der Waals surface area (Å²) >= 11 is 0. The molecule has 1 spiro atoms. The molecule has 3 heteroatoms. The van der Waals surface area contributed by atoms with Crippen LogP contribution in [0.5, 0.6) is 0 Å². The molecule has 2 heterocycles. The van der Waals surface area contributed by atoms with Crippen LogP contribution in [0.3, 0.4) is 0 Å². The average Bonchev–Trinajstić information content (AvgIpc) is 2.25. The van der Waals surface area contributed by atoms with Crippen molar-refractivity contribution in [3.63, 3.8) is 0 Å². The fourth-order valence-corrected chi connectivity index (χ4v) is 2.33. The van der Waals surface area contributed by atoms with Crippen LogP contribution in [0.2, 0.25) is 0 Å². The van der Waals surface area contributed by atoms with Crippen molar-refractivity contribution in [1.29, 1.82) is 0 Å². The maximum Gasteiger partial charge on any atom is 0.0560 e. The van der Waals surface area contributed by atoms with Crippen LogP contribution >= 0.6 is 0 Å². The first-order valence-corrected chi connectivity index (χ1v) is 4.34. The van der Waals surface area contributed by atoms with Crippen LogP contribution < -0.4 is 5.84 Å². The van der Waals surface area contributed by atoms with E-state index in [9.17, 15) is 0 Å². The number of nitrogens with two attached hydrogens (primary N) is 1. The minimum Gasteiger partial charge on any atom is -0.380 e. The van der Waals surface area contributed by atoms with Gasteiger partial charge in [-0.05, 0) is 5.92 Å². The van der Waals surface area contributed by atoms with E-state index in [2.05, 4.69) is 6.92 Å². The summed E-state index contributed by atoms with van der Waals surface area (Å²) < 4.78 is 5.26. The molecule has 0 radical (unpaired) electrons. The van der Waals surface area contributed by atoms with Gasteiger partial charge in [0.25, 0.3) is 0 Å². The Morgan fingerprint density at radius 2 is 2.36 bits per heavy atom. The van der Waals surface area contributed by atoms with E-state index in [4.69, 9.17) is 10.6 Å². The third kappa shape index (κ3) is 0.991. The molecule has 0 aromatic rings. The molecule has 0 aliphatic carbocycles. The van der Waals surface area contributed by atoms with Crippen LogP contribution in [-0.4, -0.2) is 31.3 Å². The molecule has 0 aromatic heterocycles. The Kier molecular flexibility index (Phi) is 1.67. The van der Waals surface area contributed by atoms with Crippen molar-refractivity contribution >= 4 is 0 Å². The summed E-state index contributed by atoms with van der Waals surface area (Å²) in [5.74, 6) is 6.53. The van der Waals surface area contributed by atoms with Gasteiger partial charge in [-0.25, -0.2) is 5.01 Å². The molecule has 2 rings (SSSR count). The fraction of sp³-hybridized carbons (Fsp3) is 1.00. The van der Waals surface area contributed by atoms with Gasteiger partial charge < -0.3 is 4.74 Å². The lowest BCUT2D eigenvalue weighted by Crippen LogP contribution is -2.49. The van der Waals surface area contributed by atoms with Crippen molar-refractivity contribution < 1.29 is 4.74 Å². The highest BCUT2D eigenvalue weighted by atomic mass is 16.5. The summed E-state index contributed by atoms with van der Waals surface area (Å²) in [6.45, 7) is 6.19. The maximum atomic E-state index is 5.76. The zero-order valence-corrected chi connectivity index (χ0v) is 7.05. The van der Waals surface area contributed by atoms with E-state index in [1.807, 2.05) is 5.01 Å². The normalized spacial score (nSPS) is 36.0. The molecule has 2 saturated heterocycles. The van der Waals surface area contributed by atoms with Gasteiger partial charge in [-0.1, -0.05) is 13.3 Å². The Morgan fingerprint density at radius 3 is 2.73 bits per heavy atom. The van der Waals surface area contributed by atoms with Gasteiger partial charge in [-0.2, -0.15) is 0 Å². The summed E-state index contributed by atoms with van der Waals surface area (Å²) in [5.41, 5.74) is 0.434. The Balaban J connectivity index is 2.07. The van der Waals surface area contributed by atoms with Gasteiger partial charge in [0.2, 0.25) is 0 Å². The maximum absolute atomic E-state index is 5.76. The number of ether oxygens (including phenoxy) is 1. The highest BCUT2D eigenvalue weighted by Gasteiger charge is 2.50. The standard InChI is InChI=1S/C8H16N2O/c1-2-7-3-10(9)4-8(7)5-11-6-8/h7H,2-6,9H2,1H3. The molecule has 0 bridgehead atoms. The lowest BCUT2D eigenvalue weighted by Gasteiger charge is -2.42. The van der Waals surface area contributed by atoms with Gasteiger partial charge >= 0.3 is 0 Å². The molecule has 2 N–H and O–H groups in total. The van der Waals surface area contributed by atoms with Gasteiger partial charge in [-0.3, -0.25) is 5.84 Å². The number of nitrogens with zero attached hydrogens (tertiary/aromatic N) is 1. The van der Waals surface area contributed by atoms with E-state index >= 15 is 0 Å². The van der Waals surface area contributed by atoms with Gasteiger partial charge in [0, 0.05) is 18.5 Å². The summed E-state index contributed by atoms with van der Waals surface area (Å²) in [7, 11) is 0. The van der Waals surface area contributed by atoms with Crippen molar-refractivity contribution in [2.24, 2.45) is 17.2 Å². The van der Waals surface area contributed by atoms with Crippen molar-refractivity contribution in [1.82, 2.24) is 5.01 Å². The first-order chi connectivity index (χ1) is 5.27. The molecule has 2 aliphatic rings. The molecular formula is C8H16N2O. The first kappa shape index (κ1) is 7.53. The van der Waals surface area contributed by atoms with E-state index in [0.29, 0.717) is 5.41 Å². The van der Waals surface area contributed by atoms with Gasteiger partial charge in [0.15, 0.2) is 0 Å². The van der Waals surface area contributed by atoms with E-state index in [1.165, 1.54) is 6.42 Å². The highest BCUT2D eigenvalue weighted by molar-refractivity contribution is 4.98. The molecule has 0 saturated carbocycles. The van der Waals surface area contributed by atoms with Gasteiger partial charge in [0.1, 0.15) is 0 Å². The smallest absolute Gasteiger partial charge is 0.0560 e. The molecule has 0 aromatic carbocycles. The molecule has 1 atom stereocenters. The second-order valence-corrected chi connectivity index (χ2v) is 3.89. The van der Waals surface area contributed by atoms with E-state index < -0.39 is 0 Å². The summed E-state index contributed by atoms with van der Waals surface area (Å²) in [4.78, 5) is 0. The van der Waals surface area contributed by atoms with E-state index in [-0.39, 0.29) is 0 Å². The molecule has 11 heavy (non-hydrogen) atoms. The largest absolute Gasteiger partial charge is 0.380 e. The second kappa shape index (κ2) is 2.44. The van der Waals surface area contributed by atoms with E-state index in [1.54, 1.807) is 0 Å². The van der Waals surface area contributed by atoms with Crippen LogP contribution in [0.1, 0.15) is 13.3 Å². The van der Waals surface area contributed by atoms with Crippen LogP contribution in [0.4, 0.5) is 0 Å². The summed E-state index contributed by atoms with van der Waals surface area (Å²) in [6.07, 6.45) is 1.23. The Labute approximate surface area is 67.5 Å². The Hall–Kier alpha value is -0.120. The second-order valence-electron chi connectivity index (χ2n) is 3.89. The number of hydrogen-bond acceptors (Lipinski definition) is 3. The Morgan fingerprint density at radius 1 is 1.64 bits per heavy atom. The zero-order chi connectivity index (χ0) is 7.90. The minimum absolute atomic E-state index is 0.434. The fourth-order valence-electron chi connectivity index (χ4n) is 2.33. The first-order valence-electron chi connectivity index (χ1n) is 4.34. The third-order valence-electron chi connectivity index (χ3n) is 3.11. The minimum atomic E-state index is 0.434. The van der Waals surface area contributed by atoms with Crippen LogP contribution in [0.25, 0.3) is 0 Å². The van der Waals surface area contributed by atoms with Crippen molar-refractivity contribution in [2.45, 2.75) is 13.3 Å². The zero-order valence-electron chi connectivity index (χ0n) is 7.05. The molecule has 2 aliphatic heterocycles. The predicted octanol–water partition coefficient (Wildman–Crippen LogP) is 0.218. The Bertz CT molecular complexity index is 156. The topological polar surface area (TPSA) is 38.5 Å². The van der Waals surface area contributed by atoms with Gasteiger partial charge in [0.05, 0.1) is 13.2 Å². The molecular weight excluding hydrogens is 140 g/mol. The molecule has 1 unspecified atom stereocenters. The molecule has 0 amide bonds. The predicted molar refractivity (Wildman–Crippen MR) is 42.8 cm³/mol. The van der Waals surface area contributed by atoms with E-state index in [0.717, 1.165) is 32.2 Å². The molecule has 64 valence electrons. The highest BCUT2D eigenvalue weighted by Crippen LogP contribution is 2.42. The molecule has 2 fully saturated rings. The average molecular weight is 156 g/mol. The summed E-state index contributed by atoms with van der Waals surface area (Å²) in [6, 6.07) is 0. The molecule has 3 nitrogen and oxygen atoms in total. The third-order valence-corrected chi connectivity index (χ3v) is 3.11. The quantitative estimate of drug-likeness (QED) is 0.552. The number of rotatable bonds is 1. The van der Waals surface area contributed by atoms with Crippen LogP contribution in [0.15, 0.2) is 0 Å². The summed E-state index contributed by atoms with van der Waals surface area (Å²) in [5, 5.41) is 1.94. The monoisotopic (exact) mass is 156 g/mol. The van der Waals surface area contributed by atoms with Crippen molar-refractivity contribution in [3.8, 4) is 0 Å². The lowest BCUT2D eigenvalue weighted by atomic mass is 9.75. The van der Waals surface area contributed by atoms with Crippen molar-refractivity contribution in [2.75, 3.05) is 26.3 Å². The number of hydrogen-bond donors (Lipinski definition) is 1. The van der Waals surface area contributed by atoms with Crippen LogP contribution in [0, 0.1) is 11.3 Å². The van der Waals surface area contributed by atoms with Gasteiger partial charge in [-0.15, -0.1) is 0 Å². The lowest BCUT2D eigenvalue weighted by molar-refractivity contribution is -0.128.